The summed E-state index contributed by atoms with van der Waals surface area (Å²) < 4.78 is 1.94. The predicted octanol–water partition coefficient (Wildman–Crippen LogP) is 4.21. The summed E-state index contributed by atoms with van der Waals surface area (Å²) in [6.45, 7) is 3.63. The number of halogens is 2. The van der Waals surface area contributed by atoms with Gasteiger partial charge in [-0.1, -0.05) is 44.0 Å². The second-order valence-electron chi connectivity index (χ2n) is 3.05. The summed E-state index contributed by atoms with van der Waals surface area (Å²) >= 11 is 6.79. The topological polar surface area (TPSA) is 20.2 Å². The van der Waals surface area contributed by atoms with Crippen LogP contribution in [-0.2, 0) is 0 Å². The Balaban J connectivity index is 2.78. The van der Waals surface area contributed by atoms with E-state index in [9.17, 15) is 5.11 Å². The number of rotatable bonds is 4. The highest BCUT2D eigenvalue weighted by atomic mass is 79.9. The van der Waals surface area contributed by atoms with E-state index in [0.29, 0.717) is 6.42 Å². The molecule has 0 saturated carbocycles. The number of aliphatic hydroxyl groups excluding tert-OH is 1. The fourth-order valence-electron chi connectivity index (χ4n) is 1.20. The Bertz CT molecular complexity index is 323. The van der Waals surface area contributed by atoms with Crippen LogP contribution in [-0.4, -0.2) is 5.11 Å². The lowest BCUT2D eigenvalue weighted by atomic mass is 10.1. The Morgan fingerprint density at radius 2 is 2.14 bits per heavy atom. The first kappa shape index (κ1) is 12.0. The Morgan fingerprint density at radius 1 is 1.43 bits per heavy atom. The van der Waals surface area contributed by atoms with Gasteiger partial charge in [-0.05, 0) is 30.5 Å². The van der Waals surface area contributed by atoms with Gasteiger partial charge in [-0.15, -0.1) is 6.58 Å². The molecule has 1 N–H and O–H groups in total. The van der Waals surface area contributed by atoms with E-state index >= 15 is 0 Å². The van der Waals surface area contributed by atoms with E-state index in [0.717, 1.165) is 20.9 Å². The molecule has 1 aromatic carbocycles. The molecule has 1 rings (SSSR count). The molecule has 0 aliphatic carbocycles. The van der Waals surface area contributed by atoms with Gasteiger partial charge in [0.25, 0.3) is 0 Å². The van der Waals surface area contributed by atoms with E-state index in [-0.39, 0.29) is 0 Å². The van der Waals surface area contributed by atoms with Crippen molar-refractivity contribution >= 4 is 31.9 Å². The predicted molar refractivity (Wildman–Crippen MR) is 66.2 cm³/mol. The average Bonchev–Trinajstić information content (AvgIpc) is 2.14. The quantitative estimate of drug-likeness (QED) is 0.824. The zero-order valence-electron chi connectivity index (χ0n) is 7.71. The smallest absolute Gasteiger partial charge is 0.0803 e. The number of hydrogen-bond donors (Lipinski definition) is 1. The van der Waals surface area contributed by atoms with Crippen LogP contribution in [0.15, 0.2) is 39.8 Å². The maximum atomic E-state index is 9.83. The lowest BCUT2D eigenvalue weighted by molar-refractivity contribution is 0.168. The van der Waals surface area contributed by atoms with Gasteiger partial charge in [0, 0.05) is 8.95 Å². The zero-order valence-corrected chi connectivity index (χ0v) is 10.9. The molecule has 0 spiro atoms. The molecule has 14 heavy (non-hydrogen) atoms. The van der Waals surface area contributed by atoms with Crippen LogP contribution in [0.25, 0.3) is 0 Å². The molecular weight excluding hydrogens is 308 g/mol. The fourth-order valence-corrected chi connectivity index (χ4v) is 2.51. The summed E-state index contributed by atoms with van der Waals surface area (Å²) in [5, 5.41) is 9.83. The number of aliphatic hydroxyl groups is 1. The van der Waals surface area contributed by atoms with Gasteiger partial charge in [-0.25, -0.2) is 0 Å². The highest BCUT2D eigenvalue weighted by Crippen LogP contribution is 2.29. The summed E-state index contributed by atoms with van der Waals surface area (Å²) in [7, 11) is 0. The lowest BCUT2D eigenvalue weighted by Gasteiger charge is -2.11. The first-order valence-electron chi connectivity index (χ1n) is 4.39. The van der Waals surface area contributed by atoms with Gasteiger partial charge in [-0.3, -0.25) is 0 Å². The molecule has 0 aliphatic rings. The summed E-state index contributed by atoms with van der Waals surface area (Å²) in [5.41, 5.74) is 0.926. The van der Waals surface area contributed by atoms with Crippen molar-refractivity contribution in [3.63, 3.8) is 0 Å². The van der Waals surface area contributed by atoms with Crippen molar-refractivity contribution in [3.8, 4) is 0 Å². The van der Waals surface area contributed by atoms with Gasteiger partial charge in [0.05, 0.1) is 6.10 Å². The van der Waals surface area contributed by atoms with E-state index < -0.39 is 6.10 Å². The molecule has 0 saturated heterocycles. The molecule has 1 unspecified atom stereocenters. The lowest BCUT2D eigenvalue weighted by Crippen LogP contribution is -1.97. The van der Waals surface area contributed by atoms with E-state index in [4.69, 9.17) is 0 Å². The van der Waals surface area contributed by atoms with Crippen molar-refractivity contribution in [2.75, 3.05) is 0 Å². The SMILES string of the molecule is C=CCCC(O)c1ccc(Br)cc1Br. The third kappa shape index (κ3) is 3.23. The van der Waals surface area contributed by atoms with Gasteiger partial charge in [0.15, 0.2) is 0 Å². The Hall–Kier alpha value is -0.120. The minimum Gasteiger partial charge on any atom is -0.388 e. The first-order chi connectivity index (χ1) is 6.65. The van der Waals surface area contributed by atoms with Crippen LogP contribution in [0.4, 0.5) is 0 Å². The third-order valence-corrected chi connectivity index (χ3v) is 3.15. The molecule has 3 heteroatoms. The van der Waals surface area contributed by atoms with Crippen LogP contribution in [0.3, 0.4) is 0 Å². The second kappa shape index (κ2) is 5.69. The molecule has 0 radical (unpaired) electrons. The largest absolute Gasteiger partial charge is 0.388 e. The first-order valence-corrected chi connectivity index (χ1v) is 5.97. The standard InChI is InChI=1S/C11H12Br2O/c1-2-3-4-11(14)9-6-5-8(12)7-10(9)13/h2,5-7,11,14H,1,3-4H2. The van der Waals surface area contributed by atoms with Crippen LogP contribution in [0.2, 0.25) is 0 Å². The highest BCUT2D eigenvalue weighted by molar-refractivity contribution is 9.11. The highest BCUT2D eigenvalue weighted by Gasteiger charge is 2.10. The Morgan fingerprint density at radius 3 is 2.71 bits per heavy atom. The van der Waals surface area contributed by atoms with Gasteiger partial charge in [0.2, 0.25) is 0 Å². The van der Waals surface area contributed by atoms with Crippen molar-refractivity contribution in [3.05, 3.63) is 45.4 Å². The van der Waals surface area contributed by atoms with Crippen molar-refractivity contribution in [2.45, 2.75) is 18.9 Å². The summed E-state index contributed by atoms with van der Waals surface area (Å²) in [5.74, 6) is 0. The van der Waals surface area contributed by atoms with Gasteiger partial charge in [-0.2, -0.15) is 0 Å². The molecule has 0 heterocycles. The van der Waals surface area contributed by atoms with Crippen LogP contribution >= 0.6 is 31.9 Å². The van der Waals surface area contributed by atoms with Gasteiger partial charge >= 0.3 is 0 Å². The summed E-state index contributed by atoms with van der Waals surface area (Å²) in [6.07, 6.45) is 2.93. The molecule has 1 nitrogen and oxygen atoms in total. The van der Waals surface area contributed by atoms with E-state index in [1.165, 1.54) is 0 Å². The van der Waals surface area contributed by atoms with E-state index in [1.54, 1.807) is 0 Å². The fraction of sp³-hybridized carbons (Fsp3) is 0.273. The molecule has 0 aromatic heterocycles. The monoisotopic (exact) mass is 318 g/mol. The van der Waals surface area contributed by atoms with E-state index in [1.807, 2.05) is 24.3 Å². The minimum atomic E-state index is -0.421. The molecule has 76 valence electrons. The Kier molecular flexibility index (Phi) is 4.85. The maximum absolute atomic E-state index is 9.83. The molecular formula is C11H12Br2O. The zero-order chi connectivity index (χ0) is 10.6. The molecule has 1 aromatic rings. The number of allylic oxidation sites excluding steroid dienone is 1. The van der Waals surface area contributed by atoms with Crippen molar-refractivity contribution in [2.24, 2.45) is 0 Å². The molecule has 0 bridgehead atoms. The minimum absolute atomic E-state index is 0.421. The summed E-state index contributed by atoms with van der Waals surface area (Å²) in [4.78, 5) is 0. The maximum Gasteiger partial charge on any atom is 0.0803 e. The second-order valence-corrected chi connectivity index (χ2v) is 4.82. The van der Waals surface area contributed by atoms with Crippen molar-refractivity contribution in [1.82, 2.24) is 0 Å². The van der Waals surface area contributed by atoms with Crippen LogP contribution < -0.4 is 0 Å². The van der Waals surface area contributed by atoms with Crippen LogP contribution in [0, 0.1) is 0 Å². The van der Waals surface area contributed by atoms with Crippen LogP contribution in [0.5, 0.6) is 0 Å². The van der Waals surface area contributed by atoms with Gasteiger partial charge < -0.3 is 5.11 Å². The van der Waals surface area contributed by atoms with Crippen LogP contribution in [0.1, 0.15) is 24.5 Å². The number of benzene rings is 1. The van der Waals surface area contributed by atoms with Crippen molar-refractivity contribution in [1.29, 1.82) is 0 Å². The van der Waals surface area contributed by atoms with Gasteiger partial charge in [0.1, 0.15) is 0 Å². The molecule has 0 aliphatic heterocycles. The molecule has 0 fully saturated rings. The Labute approximate surface area is 101 Å². The van der Waals surface area contributed by atoms with Crippen molar-refractivity contribution < 1.29 is 5.11 Å². The normalized spacial score (nSPS) is 12.5. The number of hydrogen-bond acceptors (Lipinski definition) is 1. The average molecular weight is 320 g/mol. The molecule has 0 amide bonds. The van der Waals surface area contributed by atoms with E-state index in [2.05, 4.69) is 38.4 Å². The summed E-state index contributed by atoms with van der Waals surface area (Å²) in [6, 6.07) is 5.78. The third-order valence-electron chi connectivity index (χ3n) is 1.97. The molecule has 1 atom stereocenters.